The van der Waals surface area contributed by atoms with E-state index in [1.807, 2.05) is 56.3 Å². The number of rotatable bonds is 7. The molecule has 0 spiro atoms. The van der Waals surface area contributed by atoms with Crippen molar-refractivity contribution in [3.8, 4) is 5.75 Å². The Morgan fingerprint density at radius 1 is 1.11 bits per heavy atom. The van der Waals surface area contributed by atoms with E-state index in [4.69, 9.17) is 14.5 Å². The molecule has 0 amide bonds. The van der Waals surface area contributed by atoms with Crippen LogP contribution in [0.5, 0.6) is 5.75 Å². The second-order valence-corrected chi connectivity index (χ2v) is 9.27. The lowest BCUT2D eigenvalue weighted by atomic mass is 10.0. The second-order valence-electron chi connectivity index (χ2n) is 8.36. The Bertz CT molecular complexity index is 1490. The van der Waals surface area contributed by atoms with Crippen LogP contribution >= 0.6 is 15.9 Å². The van der Waals surface area contributed by atoms with Crippen LogP contribution in [0, 0.1) is 0 Å². The van der Waals surface area contributed by atoms with Crippen LogP contribution in [0.15, 0.2) is 69.0 Å². The Balaban J connectivity index is 1.87. The highest BCUT2D eigenvalue weighted by Gasteiger charge is 2.19. The Morgan fingerprint density at radius 2 is 1.89 bits per heavy atom. The summed E-state index contributed by atoms with van der Waals surface area (Å²) in [5, 5.41) is 6.90. The molecule has 0 aliphatic rings. The van der Waals surface area contributed by atoms with Crippen molar-refractivity contribution in [2.75, 3.05) is 6.61 Å². The molecule has 4 aromatic rings. The first kappa shape index (κ1) is 24.6. The van der Waals surface area contributed by atoms with Gasteiger partial charge in [-0.2, -0.15) is 9.78 Å². The number of aromatic nitrogens is 2. The van der Waals surface area contributed by atoms with Gasteiger partial charge in [-0.05, 0) is 48.9 Å². The van der Waals surface area contributed by atoms with Crippen LogP contribution in [0.3, 0.4) is 0 Å². The third kappa shape index (κ3) is 5.12. The summed E-state index contributed by atoms with van der Waals surface area (Å²) in [7, 11) is 0. The summed E-state index contributed by atoms with van der Waals surface area (Å²) < 4.78 is 13.2. The Morgan fingerprint density at radius 3 is 2.63 bits per heavy atom. The molecule has 0 aliphatic heterocycles. The van der Waals surface area contributed by atoms with Crippen molar-refractivity contribution < 1.29 is 14.3 Å². The van der Waals surface area contributed by atoms with Gasteiger partial charge in [-0.1, -0.05) is 60.1 Å². The van der Waals surface area contributed by atoms with E-state index >= 15 is 0 Å². The fourth-order valence-corrected chi connectivity index (χ4v) is 4.14. The van der Waals surface area contributed by atoms with Crippen molar-refractivity contribution in [3.05, 3.63) is 80.8 Å². The van der Waals surface area contributed by atoms with Crippen molar-refractivity contribution in [1.29, 1.82) is 0 Å². The molecule has 7 nitrogen and oxygen atoms in total. The SMILES string of the molecule is CCOC(=O)[C@@H](C)Oc1ccc2ccccc2c1C=Nn1c(C(C)C)nc2ccc(Br)cc2c1=O. The third-order valence-electron chi connectivity index (χ3n) is 5.51. The van der Waals surface area contributed by atoms with Crippen LogP contribution < -0.4 is 10.3 Å². The molecule has 0 saturated carbocycles. The van der Waals surface area contributed by atoms with E-state index in [1.165, 1.54) is 4.68 Å². The van der Waals surface area contributed by atoms with Crippen molar-refractivity contribution in [2.24, 2.45) is 5.10 Å². The van der Waals surface area contributed by atoms with Gasteiger partial charge < -0.3 is 9.47 Å². The molecule has 1 aromatic heterocycles. The summed E-state index contributed by atoms with van der Waals surface area (Å²) >= 11 is 3.43. The standard InChI is InChI=1S/C27H26BrN3O4/c1-5-34-27(33)17(4)35-24-13-10-18-8-6-7-9-20(18)22(24)15-29-31-25(16(2)3)30-23-12-11-19(28)14-21(23)26(31)32/h6-17H,5H2,1-4H3/t17-/m1/s1. The highest BCUT2D eigenvalue weighted by atomic mass is 79.9. The number of fused-ring (bicyclic) bond motifs is 2. The average molecular weight is 536 g/mol. The Kier molecular flexibility index (Phi) is 7.31. The van der Waals surface area contributed by atoms with Gasteiger partial charge in [0.25, 0.3) is 5.56 Å². The van der Waals surface area contributed by atoms with E-state index in [1.54, 1.807) is 32.2 Å². The quantitative estimate of drug-likeness (QED) is 0.225. The van der Waals surface area contributed by atoms with E-state index in [0.717, 1.165) is 15.2 Å². The number of carbonyl (C=O) groups is 1. The number of esters is 1. The van der Waals surface area contributed by atoms with Gasteiger partial charge in [0.05, 0.1) is 23.7 Å². The molecular weight excluding hydrogens is 510 g/mol. The zero-order chi connectivity index (χ0) is 25.1. The number of hydrogen-bond donors (Lipinski definition) is 0. The fourth-order valence-electron chi connectivity index (χ4n) is 3.78. The summed E-state index contributed by atoms with van der Waals surface area (Å²) in [4.78, 5) is 30.3. The minimum absolute atomic E-state index is 0.0417. The van der Waals surface area contributed by atoms with Crippen LogP contribution in [-0.4, -0.2) is 34.6 Å². The van der Waals surface area contributed by atoms with Gasteiger partial charge in [0, 0.05) is 16.0 Å². The van der Waals surface area contributed by atoms with Crippen molar-refractivity contribution >= 4 is 49.8 Å². The van der Waals surface area contributed by atoms with Crippen LogP contribution in [-0.2, 0) is 9.53 Å². The number of benzene rings is 3. The van der Waals surface area contributed by atoms with Gasteiger partial charge in [-0.15, -0.1) is 0 Å². The lowest BCUT2D eigenvalue weighted by Gasteiger charge is -2.17. The van der Waals surface area contributed by atoms with Gasteiger partial charge in [0.1, 0.15) is 11.6 Å². The first-order valence-electron chi connectivity index (χ1n) is 11.4. The molecule has 0 saturated heterocycles. The molecule has 8 heteroatoms. The summed E-state index contributed by atoms with van der Waals surface area (Å²) in [6.45, 7) is 7.59. The van der Waals surface area contributed by atoms with Crippen molar-refractivity contribution in [2.45, 2.75) is 39.7 Å². The second kappa shape index (κ2) is 10.4. The number of carbonyl (C=O) groups excluding carboxylic acids is 1. The molecule has 0 bridgehead atoms. The Hall–Kier alpha value is -3.52. The minimum atomic E-state index is -0.808. The monoisotopic (exact) mass is 535 g/mol. The van der Waals surface area contributed by atoms with Gasteiger partial charge in [-0.3, -0.25) is 4.79 Å². The molecule has 3 aromatic carbocycles. The van der Waals surface area contributed by atoms with Crippen LogP contribution in [0.4, 0.5) is 0 Å². The summed E-state index contributed by atoms with van der Waals surface area (Å²) in [6, 6.07) is 16.9. The summed E-state index contributed by atoms with van der Waals surface area (Å²) in [6.07, 6.45) is 0.783. The molecule has 0 aliphatic carbocycles. The van der Waals surface area contributed by atoms with Crippen molar-refractivity contribution in [3.63, 3.8) is 0 Å². The van der Waals surface area contributed by atoms with E-state index in [0.29, 0.717) is 28.0 Å². The summed E-state index contributed by atoms with van der Waals surface area (Å²) in [5.74, 6) is 0.512. The smallest absolute Gasteiger partial charge is 0.347 e. The molecule has 0 fully saturated rings. The largest absolute Gasteiger partial charge is 0.478 e. The number of nitrogens with zero attached hydrogens (tertiary/aromatic N) is 3. The van der Waals surface area contributed by atoms with Gasteiger partial charge in [-0.25, -0.2) is 9.78 Å². The maximum atomic E-state index is 13.4. The predicted octanol–water partition coefficient (Wildman–Crippen LogP) is 5.65. The molecular formula is C27H26BrN3O4. The molecule has 4 rings (SSSR count). The molecule has 0 unspecified atom stereocenters. The normalized spacial score (nSPS) is 12.5. The molecule has 0 N–H and O–H groups in total. The third-order valence-corrected chi connectivity index (χ3v) is 6.00. The molecule has 35 heavy (non-hydrogen) atoms. The first-order valence-corrected chi connectivity index (χ1v) is 12.2. The van der Waals surface area contributed by atoms with Crippen molar-refractivity contribution in [1.82, 2.24) is 9.66 Å². The minimum Gasteiger partial charge on any atom is -0.478 e. The van der Waals surface area contributed by atoms with Gasteiger partial charge in [0.15, 0.2) is 6.10 Å². The fraction of sp³-hybridized carbons (Fsp3) is 0.259. The predicted molar refractivity (Wildman–Crippen MR) is 141 cm³/mol. The lowest BCUT2D eigenvalue weighted by Crippen LogP contribution is -2.26. The number of ether oxygens (including phenoxy) is 2. The molecule has 180 valence electrons. The van der Waals surface area contributed by atoms with Crippen LogP contribution in [0.25, 0.3) is 21.7 Å². The van der Waals surface area contributed by atoms with Crippen LogP contribution in [0.1, 0.15) is 45.0 Å². The van der Waals surface area contributed by atoms with Gasteiger partial charge in [0.2, 0.25) is 0 Å². The zero-order valence-electron chi connectivity index (χ0n) is 20.0. The van der Waals surface area contributed by atoms with Gasteiger partial charge >= 0.3 is 5.97 Å². The number of hydrogen-bond acceptors (Lipinski definition) is 6. The maximum Gasteiger partial charge on any atom is 0.347 e. The molecule has 1 atom stereocenters. The van der Waals surface area contributed by atoms with Crippen LogP contribution in [0.2, 0.25) is 0 Å². The average Bonchev–Trinajstić information content (AvgIpc) is 2.84. The molecule has 0 radical (unpaired) electrons. The maximum absolute atomic E-state index is 13.4. The highest BCUT2D eigenvalue weighted by molar-refractivity contribution is 9.10. The summed E-state index contributed by atoms with van der Waals surface area (Å²) in [5.41, 5.74) is 1.000. The van der Waals surface area contributed by atoms with E-state index in [9.17, 15) is 9.59 Å². The highest BCUT2D eigenvalue weighted by Crippen LogP contribution is 2.28. The first-order chi connectivity index (χ1) is 16.8. The Labute approximate surface area is 211 Å². The van der Waals surface area contributed by atoms with E-state index < -0.39 is 12.1 Å². The zero-order valence-corrected chi connectivity index (χ0v) is 21.6. The molecule has 1 heterocycles. The topological polar surface area (TPSA) is 82.8 Å². The number of halogens is 1. The van der Waals surface area contributed by atoms with E-state index in [-0.39, 0.29) is 18.1 Å². The van der Waals surface area contributed by atoms with E-state index in [2.05, 4.69) is 21.0 Å². The lowest BCUT2D eigenvalue weighted by molar-refractivity contribution is -0.150.